The van der Waals surface area contributed by atoms with Crippen LogP contribution in [0.1, 0.15) is 22.6 Å². The lowest BCUT2D eigenvalue weighted by Gasteiger charge is -1.69. The average Bonchev–Trinajstić information content (AvgIpc) is 1.89. The predicted molar refractivity (Wildman–Crippen MR) is 46.0 cm³/mol. The van der Waals surface area contributed by atoms with Crippen molar-refractivity contribution in [2.45, 2.75) is 21.3 Å². The highest BCUT2D eigenvalue weighted by Gasteiger charge is 1.55. The Balaban J connectivity index is -0.0000000910. The smallest absolute Gasteiger partial charge is 0.124 e. The van der Waals surface area contributed by atoms with Gasteiger partial charge >= 0.3 is 0 Å². The highest BCUT2D eigenvalue weighted by molar-refractivity contribution is 7.36. The second-order valence-electron chi connectivity index (χ2n) is 0.882. The van der Waals surface area contributed by atoms with Crippen LogP contribution in [0.3, 0.4) is 0 Å². The van der Waals surface area contributed by atoms with Crippen LogP contribution >= 0.6 is 8.53 Å². The summed E-state index contributed by atoms with van der Waals surface area (Å²) in [6, 6.07) is 0. The van der Waals surface area contributed by atoms with Crippen LogP contribution in [0.15, 0.2) is 0 Å². The van der Waals surface area contributed by atoms with Gasteiger partial charge in [-0.3, -0.25) is 0 Å². The van der Waals surface area contributed by atoms with E-state index in [2.05, 4.69) is 5.92 Å². The third-order valence-corrected chi connectivity index (χ3v) is 0.949. The SMILES string of the molecule is C.[2H]P(C)CC.[3H]C#CC. The van der Waals surface area contributed by atoms with E-state index in [4.69, 9.17) is 2.65 Å². The minimum Gasteiger partial charge on any atom is -0.126 e. The van der Waals surface area contributed by atoms with E-state index in [1.54, 1.807) is 6.92 Å². The standard InChI is InChI=1S/C3H9P.C3H4.CH4/c1-3-4-2;1-3-2;/h4H,3H2,1-2H3;1H,2H3;1H4/i4D;1T;. The largest absolute Gasteiger partial charge is 0.126 e. The zero-order valence-corrected chi connectivity index (χ0v) is 6.05. The van der Waals surface area contributed by atoms with Crippen LogP contribution in [-0.2, 0) is 0 Å². The lowest BCUT2D eigenvalue weighted by atomic mass is 10.9. The van der Waals surface area contributed by atoms with E-state index in [0.29, 0.717) is 0 Å². The molecule has 0 radical (unpaired) electrons. The average molecular weight is 135 g/mol. The molecule has 0 aromatic rings. The van der Waals surface area contributed by atoms with Gasteiger partial charge in [-0.2, -0.15) is 0 Å². The first-order valence-corrected chi connectivity index (χ1v) is 3.75. The van der Waals surface area contributed by atoms with Crippen molar-refractivity contribution in [3.63, 3.8) is 0 Å². The molecule has 0 saturated heterocycles. The first-order valence-electron chi connectivity index (χ1n) is 3.17. The highest BCUT2D eigenvalue weighted by atomic mass is 31.1. The van der Waals surface area contributed by atoms with Crippen molar-refractivity contribution >= 4 is 8.53 Å². The minimum atomic E-state index is -0.348. The summed E-state index contributed by atoms with van der Waals surface area (Å²) in [5, 5.41) is 0. The van der Waals surface area contributed by atoms with Gasteiger partial charge in [0.2, 0.25) is 0 Å². The quantitative estimate of drug-likeness (QED) is 0.383. The molecule has 8 heavy (non-hydrogen) atoms. The van der Waals surface area contributed by atoms with Crippen LogP contribution in [0.25, 0.3) is 0 Å². The molecule has 0 aliphatic carbocycles. The topological polar surface area (TPSA) is 0 Å². The molecule has 0 spiro atoms. The van der Waals surface area contributed by atoms with Gasteiger partial charge in [0.1, 0.15) is 1.37 Å². The molecule has 0 nitrogen and oxygen atoms in total. The molecule has 50 valence electrons. The number of hydrogen-bond acceptors (Lipinski definition) is 0. The third kappa shape index (κ3) is 152. The maximum atomic E-state index is 6.89. The van der Waals surface area contributed by atoms with Gasteiger partial charge in [-0.15, -0.1) is 20.8 Å². The Morgan fingerprint density at radius 3 is 2.38 bits per heavy atom. The number of hydrogen-bond donors (Lipinski definition) is 0. The molecule has 0 rings (SSSR count). The summed E-state index contributed by atoms with van der Waals surface area (Å²) >= 11 is 0. The molecule has 0 aliphatic rings. The zero-order chi connectivity index (χ0) is 7.70. The van der Waals surface area contributed by atoms with Gasteiger partial charge in [0, 0.05) is 0 Å². The summed E-state index contributed by atoms with van der Waals surface area (Å²) in [5.41, 5.74) is 0. The maximum Gasteiger partial charge on any atom is 0.124 e. The molecule has 0 aliphatic heterocycles. The second kappa shape index (κ2) is 28.1. The van der Waals surface area contributed by atoms with Gasteiger partial charge in [0.05, 0.1) is 1.28 Å². The summed E-state index contributed by atoms with van der Waals surface area (Å²) in [6.07, 6.45) is 2.97. The summed E-state index contributed by atoms with van der Waals surface area (Å²) in [4.78, 5) is 0. The molecule has 0 fully saturated rings. The van der Waals surface area contributed by atoms with Crippen molar-refractivity contribution in [1.82, 2.24) is 0 Å². The Hall–Kier alpha value is -0.0100. The molecule has 1 heteroatoms. The van der Waals surface area contributed by atoms with Crippen LogP contribution < -0.4 is 0 Å². The van der Waals surface area contributed by atoms with E-state index in [1.165, 1.54) is 0 Å². The van der Waals surface area contributed by atoms with Crippen molar-refractivity contribution in [2.24, 2.45) is 0 Å². The van der Waals surface area contributed by atoms with Gasteiger partial charge in [-0.05, 0) is 19.8 Å². The summed E-state index contributed by atoms with van der Waals surface area (Å²) in [5.74, 6) is 2.35. The van der Waals surface area contributed by atoms with E-state index in [9.17, 15) is 0 Å². The maximum absolute atomic E-state index is 6.89. The van der Waals surface area contributed by atoms with E-state index in [0.717, 1.165) is 6.16 Å². The molecule has 0 N–H and O–H groups in total. The lowest BCUT2D eigenvalue weighted by molar-refractivity contribution is 1.52. The van der Waals surface area contributed by atoms with Crippen molar-refractivity contribution in [3.05, 3.63) is 0 Å². The lowest BCUT2D eigenvalue weighted by Crippen LogP contribution is -1.47. The Kier molecular flexibility index (Phi) is 28.0. The van der Waals surface area contributed by atoms with Crippen molar-refractivity contribution < 1.29 is 1.37 Å². The fourth-order valence-corrected chi connectivity index (χ4v) is 0. The fraction of sp³-hybridized carbons (Fsp3) is 0.714. The molecule has 0 bridgehead atoms. The summed E-state index contributed by atoms with van der Waals surface area (Å²) < 4.78 is 13.0. The molecular formula is C7H17P. The van der Waals surface area contributed by atoms with Crippen LogP contribution in [0.4, 0.5) is 0 Å². The number of terminal acetylenes is 1. The highest BCUT2D eigenvalue weighted by Crippen LogP contribution is 1.95. The molecule has 1 atom stereocenters. The van der Waals surface area contributed by atoms with Gasteiger partial charge < -0.3 is 0 Å². The Labute approximate surface area is 58.5 Å². The van der Waals surface area contributed by atoms with Crippen LogP contribution in [0.5, 0.6) is 0 Å². The molecule has 0 amide bonds. The number of rotatable bonds is 1. The van der Waals surface area contributed by atoms with E-state index in [1.807, 2.05) is 20.0 Å². The Morgan fingerprint density at radius 1 is 2.12 bits per heavy atom. The third-order valence-electron chi connectivity index (χ3n) is 0.316. The molecule has 1 unspecified atom stereocenters. The molecule has 0 saturated carbocycles. The van der Waals surface area contributed by atoms with Gasteiger partial charge in [-0.25, -0.2) is 0 Å². The second-order valence-corrected chi connectivity index (χ2v) is 2.15. The molecule has 0 heterocycles. The van der Waals surface area contributed by atoms with E-state index < -0.39 is 0 Å². The summed E-state index contributed by atoms with van der Waals surface area (Å²) in [6.45, 7) is 5.63. The molecule has 0 aromatic carbocycles. The van der Waals surface area contributed by atoms with Crippen molar-refractivity contribution in [1.29, 1.82) is 1.28 Å². The van der Waals surface area contributed by atoms with Gasteiger partial charge in [0.15, 0.2) is 0 Å². The molecular weight excluding hydrogens is 115 g/mol. The van der Waals surface area contributed by atoms with Crippen LogP contribution in [0, 0.1) is 12.3 Å². The monoisotopic (exact) mass is 135 g/mol. The zero-order valence-electron chi connectivity index (χ0n) is 7.15. The minimum absolute atomic E-state index is 0. The van der Waals surface area contributed by atoms with E-state index >= 15 is 0 Å². The summed E-state index contributed by atoms with van der Waals surface area (Å²) in [7, 11) is -0.348. The van der Waals surface area contributed by atoms with Crippen molar-refractivity contribution in [2.75, 3.05) is 12.8 Å². The van der Waals surface area contributed by atoms with Crippen molar-refractivity contribution in [3.8, 4) is 12.3 Å². The fourth-order valence-electron chi connectivity index (χ4n) is 0. The normalized spacial score (nSPS) is 11.4. The van der Waals surface area contributed by atoms with Gasteiger partial charge in [0.25, 0.3) is 0 Å². The van der Waals surface area contributed by atoms with Gasteiger partial charge in [-0.1, -0.05) is 14.4 Å². The van der Waals surface area contributed by atoms with E-state index in [-0.39, 0.29) is 16.0 Å². The van der Waals surface area contributed by atoms with Crippen LogP contribution in [-0.4, -0.2) is 14.1 Å². The first kappa shape index (κ1) is 7.99. The van der Waals surface area contributed by atoms with Crippen LogP contribution in [0.2, 0.25) is 0 Å². The Bertz CT molecular complexity index is 85.5. The first-order chi connectivity index (χ1) is 4.18. The molecule has 0 aromatic heterocycles. The Morgan fingerprint density at radius 2 is 2.38 bits per heavy atom. The predicted octanol–water partition coefficient (Wildman–Crippen LogP) is 2.59.